The van der Waals surface area contributed by atoms with Crippen molar-refractivity contribution in [1.29, 1.82) is 0 Å². The molecule has 0 atom stereocenters. The lowest BCUT2D eigenvalue weighted by Crippen LogP contribution is -2.25. The van der Waals surface area contributed by atoms with Crippen molar-refractivity contribution in [3.05, 3.63) is 253 Å². The summed E-state index contributed by atoms with van der Waals surface area (Å²) in [5.74, 6) is 1.84. The van der Waals surface area contributed by atoms with Crippen molar-refractivity contribution in [1.82, 2.24) is 19.5 Å². The van der Waals surface area contributed by atoms with E-state index in [1.807, 2.05) is 72.8 Å². The van der Waals surface area contributed by atoms with Gasteiger partial charge in [0.05, 0.1) is 16.4 Å². The van der Waals surface area contributed by atoms with E-state index in [4.69, 9.17) is 19.4 Å². The van der Waals surface area contributed by atoms with Gasteiger partial charge in [0.2, 0.25) is 0 Å². The van der Waals surface area contributed by atoms with Crippen molar-refractivity contribution in [2.24, 2.45) is 0 Å². The highest BCUT2D eigenvalue weighted by Gasteiger charge is 2.52. The molecule has 5 nitrogen and oxygen atoms in total. The number of aromatic nitrogens is 4. The van der Waals surface area contributed by atoms with Gasteiger partial charge in [0.1, 0.15) is 11.2 Å². The molecule has 0 amide bonds. The summed E-state index contributed by atoms with van der Waals surface area (Å²) in [4.78, 5) is 15.2. The second kappa shape index (κ2) is 14.4. The molecule has 10 aromatic carbocycles. The van der Waals surface area contributed by atoms with Crippen molar-refractivity contribution in [2.75, 3.05) is 0 Å². The minimum absolute atomic E-state index is 0.439. The van der Waals surface area contributed by atoms with E-state index in [1.54, 1.807) is 0 Å². The maximum absolute atomic E-state index is 6.60. The Morgan fingerprint density at radius 2 is 0.884 bits per heavy atom. The van der Waals surface area contributed by atoms with Crippen molar-refractivity contribution in [2.45, 2.75) is 5.41 Å². The third kappa shape index (κ3) is 5.32. The van der Waals surface area contributed by atoms with E-state index in [0.29, 0.717) is 17.5 Å². The third-order valence-corrected chi connectivity index (χ3v) is 14.7. The average Bonchev–Trinajstić information content (AvgIpc) is 4.15. The first-order valence-corrected chi connectivity index (χ1v) is 23.5. The SMILES string of the molecule is c1ccc(-c2nc(-c3ccccc3)nc(-c3cccc4oc5ccc(-c6ccc7c(c6)c6ccc8c(c6n7-c6ccccc6)-c6ccccc6C86c7ccccc7-c7ccccc76)cc5c34)n2)cc1. The van der Waals surface area contributed by atoms with Crippen molar-refractivity contribution in [3.8, 4) is 73.2 Å². The fourth-order valence-electron chi connectivity index (χ4n) is 11.8. The molecule has 69 heavy (non-hydrogen) atoms. The molecule has 1 spiro atoms. The van der Waals surface area contributed by atoms with Crippen LogP contribution in [0.15, 0.2) is 235 Å². The molecule has 3 aromatic heterocycles. The molecule has 2 aliphatic rings. The van der Waals surface area contributed by atoms with Gasteiger partial charge >= 0.3 is 0 Å². The van der Waals surface area contributed by atoms with E-state index in [1.165, 1.54) is 60.8 Å². The van der Waals surface area contributed by atoms with Crippen LogP contribution in [-0.4, -0.2) is 19.5 Å². The zero-order valence-electron chi connectivity index (χ0n) is 37.1. The number of hydrogen-bond acceptors (Lipinski definition) is 4. The summed E-state index contributed by atoms with van der Waals surface area (Å²) in [5.41, 5.74) is 20.2. The predicted molar refractivity (Wildman–Crippen MR) is 279 cm³/mol. The smallest absolute Gasteiger partial charge is 0.164 e. The summed E-state index contributed by atoms with van der Waals surface area (Å²) in [6.07, 6.45) is 0. The Morgan fingerprint density at radius 1 is 0.348 bits per heavy atom. The molecule has 2 aliphatic carbocycles. The molecule has 0 saturated carbocycles. The molecule has 320 valence electrons. The minimum atomic E-state index is -0.439. The lowest BCUT2D eigenvalue weighted by Gasteiger charge is -2.30. The molecular weight excluding hydrogens is 841 g/mol. The van der Waals surface area contributed by atoms with Gasteiger partial charge in [-0.05, 0) is 92.5 Å². The van der Waals surface area contributed by atoms with E-state index in [-0.39, 0.29) is 0 Å². The molecule has 13 aromatic rings. The summed E-state index contributed by atoms with van der Waals surface area (Å²) < 4.78 is 9.09. The maximum atomic E-state index is 6.60. The molecule has 0 saturated heterocycles. The molecule has 15 rings (SSSR count). The fraction of sp³-hybridized carbons (Fsp3) is 0.0156. The molecule has 0 fully saturated rings. The minimum Gasteiger partial charge on any atom is -0.456 e. The van der Waals surface area contributed by atoms with Crippen LogP contribution < -0.4 is 0 Å². The van der Waals surface area contributed by atoms with Crippen LogP contribution >= 0.6 is 0 Å². The molecule has 5 heteroatoms. The largest absolute Gasteiger partial charge is 0.456 e. The number of hydrogen-bond donors (Lipinski definition) is 0. The zero-order chi connectivity index (χ0) is 45.2. The third-order valence-electron chi connectivity index (χ3n) is 14.7. The number of rotatable bonds is 5. The lowest BCUT2D eigenvalue weighted by molar-refractivity contribution is 0.669. The molecule has 0 N–H and O–H groups in total. The topological polar surface area (TPSA) is 56.7 Å². The molecule has 0 unspecified atom stereocenters. The van der Waals surface area contributed by atoms with Gasteiger partial charge in [-0.25, -0.2) is 15.0 Å². The predicted octanol–water partition coefficient (Wildman–Crippen LogP) is 15.9. The Bertz CT molecular complexity index is 4140. The average molecular weight is 879 g/mol. The van der Waals surface area contributed by atoms with E-state index in [9.17, 15) is 0 Å². The van der Waals surface area contributed by atoms with Crippen LogP contribution in [0, 0.1) is 0 Å². The van der Waals surface area contributed by atoms with E-state index in [2.05, 4.69) is 162 Å². The zero-order valence-corrected chi connectivity index (χ0v) is 37.1. The van der Waals surface area contributed by atoms with Crippen LogP contribution in [0.2, 0.25) is 0 Å². The summed E-state index contributed by atoms with van der Waals surface area (Å²) in [7, 11) is 0. The first kappa shape index (κ1) is 38.0. The van der Waals surface area contributed by atoms with Gasteiger partial charge in [-0.3, -0.25) is 0 Å². The van der Waals surface area contributed by atoms with Crippen LogP contribution in [0.25, 0.3) is 117 Å². The number of para-hydroxylation sites is 1. The number of furan rings is 1. The van der Waals surface area contributed by atoms with Gasteiger partial charge in [0.25, 0.3) is 0 Å². The summed E-state index contributed by atoms with van der Waals surface area (Å²) in [6, 6.07) is 82.7. The Hall–Kier alpha value is -9.19. The van der Waals surface area contributed by atoms with E-state index >= 15 is 0 Å². The van der Waals surface area contributed by atoms with Gasteiger partial charge in [0, 0.05) is 49.5 Å². The van der Waals surface area contributed by atoms with Crippen LogP contribution in [-0.2, 0) is 5.41 Å². The summed E-state index contributed by atoms with van der Waals surface area (Å²) >= 11 is 0. The van der Waals surface area contributed by atoms with Crippen LogP contribution in [0.5, 0.6) is 0 Å². The highest BCUT2D eigenvalue weighted by Crippen LogP contribution is 2.64. The monoisotopic (exact) mass is 878 g/mol. The fourth-order valence-corrected chi connectivity index (χ4v) is 11.8. The summed E-state index contributed by atoms with van der Waals surface area (Å²) in [6.45, 7) is 0. The molecule has 3 heterocycles. The van der Waals surface area contributed by atoms with Gasteiger partial charge in [-0.1, -0.05) is 188 Å². The Kier molecular flexibility index (Phi) is 7.93. The van der Waals surface area contributed by atoms with E-state index < -0.39 is 5.41 Å². The molecule has 0 aliphatic heterocycles. The Morgan fingerprint density at radius 3 is 1.55 bits per heavy atom. The quantitative estimate of drug-likeness (QED) is 0.173. The highest BCUT2D eigenvalue weighted by molar-refractivity contribution is 6.18. The van der Waals surface area contributed by atoms with Crippen LogP contribution in [0.4, 0.5) is 0 Å². The van der Waals surface area contributed by atoms with Gasteiger partial charge < -0.3 is 8.98 Å². The molecule has 0 radical (unpaired) electrons. The number of nitrogens with zero attached hydrogens (tertiary/aromatic N) is 4. The lowest BCUT2D eigenvalue weighted by atomic mass is 9.70. The van der Waals surface area contributed by atoms with Crippen molar-refractivity contribution < 1.29 is 4.42 Å². The molecule has 0 bridgehead atoms. The van der Waals surface area contributed by atoms with Crippen molar-refractivity contribution >= 4 is 43.7 Å². The highest BCUT2D eigenvalue weighted by atomic mass is 16.3. The van der Waals surface area contributed by atoms with Gasteiger partial charge in [-0.15, -0.1) is 0 Å². The van der Waals surface area contributed by atoms with Gasteiger partial charge in [-0.2, -0.15) is 0 Å². The Balaban J connectivity index is 0.950. The first-order valence-electron chi connectivity index (χ1n) is 23.5. The second-order valence-electron chi connectivity index (χ2n) is 18.2. The summed E-state index contributed by atoms with van der Waals surface area (Å²) in [5, 5.41) is 4.39. The number of fused-ring (bicyclic) bond motifs is 17. The van der Waals surface area contributed by atoms with Gasteiger partial charge in [0.15, 0.2) is 17.5 Å². The Labute approximate surface area is 397 Å². The second-order valence-corrected chi connectivity index (χ2v) is 18.2. The van der Waals surface area contributed by atoms with Crippen molar-refractivity contribution in [3.63, 3.8) is 0 Å². The van der Waals surface area contributed by atoms with E-state index in [0.717, 1.165) is 61.0 Å². The maximum Gasteiger partial charge on any atom is 0.164 e. The normalized spacial score (nSPS) is 13.0. The van der Waals surface area contributed by atoms with Crippen LogP contribution in [0.1, 0.15) is 22.3 Å². The standard InChI is InChI=1S/C64H38N4O/c1-4-17-39(18-5-1)61-65-62(40-19-6-2-7-20-40)67-63(66-61)48-26-16-30-57-58(48)50-38-42(32-36-56(50)69-57)41-31-35-55-49(37-41)46-33-34-54-59(60(46)68(55)43-21-8-3-9-22-43)47-25-12-15-29-53(47)64(54)51-27-13-10-23-44(51)45-24-11-14-28-52(45)64/h1-38H. The van der Waals surface area contributed by atoms with Crippen LogP contribution in [0.3, 0.4) is 0 Å². The first-order chi connectivity index (χ1) is 34.2. The molecular formula is C64H38N4O. The number of benzene rings is 10.